The number of aliphatic imine (C=N–C) groups is 1. The van der Waals surface area contributed by atoms with Crippen LogP contribution in [0.3, 0.4) is 0 Å². The highest BCUT2D eigenvalue weighted by atomic mass is 127. The smallest absolute Gasteiger partial charge is 0.341 e. The molecule has 7 nitrogen and oxygen atoms in total. The number of nitrogens with one attached hydrogen (secondary N) is 2. The Kier molecular flexibility index (Phi) is 9.50. The van der Waals surface area contributed by atoms with Crippen LogP contribution in [0.1, 0.15) is 31.5 Å². The molecule has 0 fully saturated rings. The number of halogens is 1. The van der Waals surface area contributed by atoms with E-state index in [0.717, 1.165) is 16.3 Å². The van der Waals surface area contributed by atoms with E-state index in [1.807, 2.05) is 19.9 Å². The van der Waals surface area contributed by atoms with Crippen LogP contribution in [-0.4, -0.2) is 38.2 Å². The van der Waals surface area contributed by atoms with Gasteiger partial charge in [0.25, 0.3) is 0 Å². The molecule has 0 unspecified atom stereocenters. The van der Waals surface area contributed by atoms with E-state index < -0.39 is 5.97 Å². The molecule has 1 aromatic carbocycles. The van der Waals surface area contributed by atoms with E-state index in [4.69, 9.17) is 9.47 Å². The fourth-order valence-corrected chi connectivity index (χ4v) is 3.32. The van der Waals surface area contributed by atoms with E-state index in [-0.39, 0.29) is 24.0 Å². The van der Waals surface area contributed by atoms with Crippen LogP contribution < -0.4 is 15.4 Å². The minimum atomic E-state index is -0.428. The lowest BCUT2D eigenvalue weighted by atomic mass is 10.1. The number of carbonyl (C=O) groups excluding carboxylic acids is 1. The van der Waals surface area contributed by atoms with Crippen molar-refractivity contribution in [2.24, 2.45) is 4.99 Å². The van der Waals surface area contributed by atoms with Crippen molar-refractivity contribution in [2.45, 2.75) is 26.9 Å². The first kappa shape index (κ1) is 23.2. The van der Waals surface area contributed by atoms with E-state index in [2.05, 4.69) is 20.6 Å². The second-order valence-electron chi connectivity index (χ2n) is 5.55. The molecule has 0 saturated carbocycles. The van der Waals surface area contributed by atoms with Gasteiger partial charge in [-0.05, 0) is 31.5 Å². The molecule has 0 bridgehead atoms. The summed E-state index contributed by atoms with van der Waals surface area (Å²) in [5.41, 5.74) is 2.35. The molecule has 0 aliphatic rings. The van der Waals surface area contributed by atoms with Crippen LogP contribution in [-0.2, 0) is 17.8 Å². The van der Waals surface area contributed by atoms with Crippen molar-refractivity contribution in [3.8, 4) is 5.75 Å². The summed E-state index contributed by atoms with van der Waals surface area (Å²) in [7, 11) is 4.59. The van der Waals surface area contributed by atoms with Gasteiger partial charge in [-0.1, -0.05) is 6.07 Å². The monoisotopic (exact) mass is 504 g/mol. The maximum atomic E-state index is 11.9. The van der Waals surface area contributed by atoms with Crippen molar-refractivity contribution in [3.63, 3.8) is 0 Å². The van der Waals surface area contributed by atoms with Gasteiger partial charge in [-0.3, -0.25) is 4.99 Å². The van der Waals surface area contributed by atoms with Crippen molar-refractivity contribution in [1.82, 2.24) is 15.6 Å². The van der Waals surface area contributed by atoms with E-state index in [1.54, 1.807) is 30.5 Å². The molecular weight excluding hydrogens is 479 g/mol. The Bertz CT molecular complexity index is 808. The molecule has 9 heteroatoms. The van der Waals surface area contributed by atoms with Gasteiger partial charge < -0.3 is 20.1 Å². The van der Waals surface area contributed by atoms with Gasteiger partial charge in [0, 0.05) is 18.5 Å². The van der Waals surface area contributed by atoms with Crippen LogP contribution in [0.2, 0.25) is 0 Å². The average Bonchev–Trinajstić information content (AvgIpc) is 2.98. The van der Waals surface area contributed by atoms with E-state index in [1.165, 1.54) is 19.1 Å². The third-order valence-electron chi connectivity index (χ3n) is 3.77. The van der Waals surface area contributed by atoms with Crippen LogP contribution in [0.5, 0.6) is 5.75 Å². The molecule has 2 aromatic rings. The van der Waals surface area contributed by atoms with E-state index in [9.17, 15) is 4.79 Å². The lowest BCUT2D eigenvalue weighted by Gasteiger charge is -2.13. The second-order valence-corrected chi connectivity index (χ2v) is 6.83. The van der Waals surface area contributed by atoms with Crippen molar-refractivity contribution < 1.29 is 14.3 Å². The number of aromatic nitrogens is 1. The molecule has 0 aliphatic heterocycles. The molecule has 1 aromatic heterocycles. The summed E-state index contributed by atoms with van der Waals surface area (Å²) in [6.45, 7) is 5.17. The summed E-state index contributed by atoms with van der Waals surface area (Å²) in [6, 6.07) is 5.40. The fourth-order valence-electron chi connectivity index (χ4n) is 2.44. The van der Waals surface area contributed by atoms with Crippen LogP contribution in [0.25, 0.3) is 0 Å². The first-order chi connectivity index (χ1) is 12.5. The number of thiazole rings is 1. The number of hydrogen-bond acceptors (Lipinski definition) is 6. The summed E-state index contributed by atoms with van der Waals surface area (Å²) in [6.07, 6.45) is 0. The number of carbonyl (C=O) groups is 1. The molecular formula is C18H25IN4O3S. The fraction of sp³-hybridized carbons (Fsp3) is 0.389. The largest absolute Gasteiger partial charge is 0.496 e. The Labute approximate surface area is 180 Å². The summed E-state index contributed by atoms with van der Waals surface area (Å²) < 4.78 is 10.0. The lowest BCUT2D eigenvalue weighted by Crippen LogP contribution is -2.36. The highest BCUT2D eigenvalue weighted by molar-refractivity contribution is 14.0. The van der Waals surface area contributed by atoms with Crippen molar-refractivity contribution >= 4 is 47.2 Å². The first-order valence-corrected chi connectivity index (χ1v) is 8.92. The average molecular weight is 504 g/mol. The summed E-state index contributed by atoms with van der Waals surface area (Å²) >= 11 is 1.67. The third-order valence-corrected chi connectivity index (χ3v) is 4.84. The van der Waals surface area contributed by atoms with Gasteiger partial charge in [0.15, 0.2) is 5.96 Å². The van der Waals surface area contributed by atoms with Crippen molar-refractivity contribution in [1.29, 1.82) is 0 Å². The number of aryl methyl sites for hydroxylation is 2. The van der Waals surface area contributed by atoms with Gasteiger partial charge in [0.05, 0.1) is 31.5 Å². The minimum absolute atomic E-state index is 0. The molecule has 2 rings (SSSR count). The van der Waals surface area contributed by atoms with Gasteiger partial charge in [0.2, 0.25) is 0 Å². The predicted molar refractivity (Wildman–Crippen MR) is 118 cm³/mol. The van der Waals surface area contributed by atoms with E-state index >= 15 is 0 Å². The topological polar surface area (TPSA) is 84.8 Å². The first-order valence-electron chi connectivity index (χ1n) is 8.11. The Morgan fingerprint density at radius 3 is 2.48 bits per heavy atom. The van der Waals surface area contributed by atoms with Gasteiger partial charge in [-0.2, -0.15) is 0 Å². The molecule has 0 radical (unpaired) electrons. The molecule has 0 atom stereocenters. The SMILES string of the molecule is CN=C(NCc1ccc(OC)c(C(=O)OC)c1)NCc1sc(C)nc1C.I. The Hall–Kier alpha value is -1.88. The van der Waals surface area contributed by atoms with Crippen LogP contribution in [0.4, 0.5) is 0 Å². The summed E-state index contributed by atoms with van der Waals surface area (Å²) in [5.74, 6) is 0.729. The number of benzene rings is 1. The van der Waals surface area contributed by atoms with Gasteiger partial charge in [0.1, 0.15) is 11.3 Å². The number of rotatable bonds is 6. The highest BCUT2D eigenvalue weighted by Gasteiger charge is 2.13. The second kappa shape index (κ2) is 11.1. The Morgan fingerprint density at radius 1 is 1.22 bits per heavy atom. The van der Waals surface area contributed by atoms with Crippen LogP contribution in [0.15, 0.2) is 23.2 Å². The molecule has 2 N–H and O–H groups in total. The standard InChI is InChI=1S/C18H24N4O3S.HI/c1-11-16(26-12(2)22-11)10-21-18(19-3)20-9-13-6-7-15(24-4)14(8-13)17(23)25-5;/h6-8H,9-10H2,1-5H3,(H2,19,20,21);1H. The van der Waals surface area contributed by atoms with Gasteiger partial charge in [-0.15, -0.1) is 35.3 Å². The molecule has 0 spiro atoms. The van der Waals surface area contributed by atoms with Crippen LogP contribution in [0, 0.1) is 13.8 Å². The van der Waals surface area contributed by atoms with E-state index in [0.29, 0.717) is 30.4 Å². The van der Waals surface area contributed by atoms with Gasteiger partial charge in [-0.25, -0.2) is 9.78 Å². The summed E-state index contributed by atoms with van der Waals surface area (Å²) in [4.78, 5) is 21.7. The molecule has 27 heavy (non-hydrogen) atoms. The summed E-state index contributed by atoms with van der Waals surface area (Å²) in [5, 5.41) is 7.56. The zero-order valence-electron chi connectivity index (χ0n) is 16.1. The number of esters is 1. The molecule has 1 heterocycles. The lowest BCUT2D eigenvalue weighted by molar-refractivity contribution is 0.0597. The number of nitrogens with zero attached hydrogens (tertiary/aromatic N) is 2. The highest BCUT2D eigenvalue weighted by Crippen LogP contribution is 2.21. The number of hydrogen-bond donors (Lipinski definition) is 2. The normalized spacial score (nSPS) is 10.8. The van der Waals surface area contributed by atoms with Crippen LogP contribution >= 0.6 is 35.3 Å². The molecule has 0 saturated heterocycles. The maximum absolute atomic E-state index is 11.9. The third kappa shape index (κ3) is 6.35. The Balaban J connectivity index is 0.00000364. The Morgan fingerprint density at radius 2 is 1.93 bits per heavy atom. The quantitative estimate of drug-likeness (QED) is 0.272. The number of ether oxygens (including phenoxy) is 2. The van der Waals surface area contributed by atoms with Gasteiger partial charge >= 0.3 is 5.97 Å². The zero-order valence-corrected chi connectivity index (χ0v) is 19.2. The number of guanidine groups is 1. The zero-order chi connectivity index (χ0) is 19.1. The molecule has 0 amide bonds. The van der Waals surface area contributed by atoms with Crippen molar-refractivity contribution in [3.05, 3.63) is 44.9 Å². The number of methoxy groups -OCH3 is 2. The molecule has 0 aliphatic carbocycles. The predicted octanol–water partition coefficient (Wildman–Crippen LogP) is 3.04. The van der Waals surface area contributed by atoms with Crippen molar-refractivity contribution in [2.75, 3.05) is 21.3 Å². The molecule has 148 valence electrons. The maximum Gasteiger partial charge on any atom is 0.341 e. The minimum Gasteiger partial charge on any atom is -0.496 e.